The molecule has 1 heterocycles. The molecule has 124 valence electrons. The van der Waals surface area contributed by atoms with Gasteiger partial charge in [0.25, 0.3) is 5.69 Å². The predicted octanol–water partition coefficient (Wildman–Crippen LogP) is 1.61. The van der Waals surface area contributed by atoms with Crippen LogP contribution in [0, 0.1) is 16.0 Å². The van der Waals surface area contributed by atoms with E-state index in [-0.39, 0.29) is 22.5 Å². The number of carboxylic acid groups (broad SMARTS) is 1. The van der Waals surface area contributed by atoms with Crippen LogP contribution in [0.15, 0.2) is 29.2 Å². The highest BCUT2D eigenvalue weighted by atomic mass is 32.2. The molecule has 3 atom stereocenters. The Kier molecular flexibility index (Phi) is 3.85. The van der Waals surface area contributed by atoms with Crippen LogP contribution < -0.4 is 0 Å². The van der Waals surface area contributed by atoms with E-state index >= 15 is 0 Å². The van der Waals surface area contributed by atoms with E-state index in [1.807, 2.05) is 0 Å². The van der Waals surface area contributed by atoms with Crippen LogP contribution in [0.1, 0.15) is 25.7 Å². The van der Waals surface area contributed by atoms with Crippen LogP contribution in [0.25, 0.3) is 0 Å². The molecule has 9 heteroatoms. The summed E-state index contributed by atoms with van der Waals surface area (Å²) in [5, 5.41) is 20.0. The second kappa shape index (κ2) is 5.57. The lowest BCUT2D eigenvalue weighted by molar-refractivity contribution is -0.384. The van der Waals surface area contributed by atoms with Crippen molar-refractivity contribution in [2.24, 2.45) is 5.92 Å². The van der Waals surface area contributed by atoms with Crippen LogP contribution in [-0.2, 0) is 14.8 Å². The molecule has 1 saturated carbocycles. The molecule has 0 amide bonds. The number of non-ortho nitro benzene ring substituents is 1. The molecule has 1 saturated heterocycles. The minimum absolute atomic E-state index is 0.0731. The van der Waals surface area contributed by atoms with Gasteiger partial charge in [-0.1, -0.05) is 6.42 Å². The summed E-state index contributed by atoms with van der Waals surface area (Å²) in [4.78, 5) is 21.4. The van der Waals surface area contributed by atoms with E-state index in [4.69, 9.17) is 0 Å². The average Bonchev–Trinajstić information content (AvgIpc) is 3.07. The van der Waals surface area contributed by atoms with Crippen LogP contribution in [0.3, 0.4) is 0 Å². The number of hydrogen-bond acceptors (Lipinski definition) is 5. The summed E-state index contributed by atoms with van der Waals surface area (Å²) in [5.74, 6) is -1.08. The summed E-state index contributed by atoms with van der Waals surface area (Å²) in [7, 11) is -4.00. The van der Waals surface area contributed by atoms with Gasteiger partial charge < -0.3 is 5.11 Å². The van der Waals surface area contributed by atoms with Crippen molar-refractivity contribution >= 4 is 21.7 Å². The second-order valence-corrected chi connectivity index (χ2v) is 7.78. The minimum atomic E-state index is -4.00. The monoisotopic (exact) mass is 340 g/mol. The molecule has 0 spiro atoms. The number of nitro benzene ring substituents is 1. The van der Waals surface area contributed by atoms with Gasteiger partial charge in [-0.25, -0.2) is 8.42 Å². The molecule has 0 radical (unpaired) electrons. The first-order valence-corrected chi connectivity index (χ1v) is 8.77. The molecule has 23 heavy (non-hydrogen) atoms. The van der Waals surface area contributed by atoms with Crippen molar-refractivity contribution in [3.05, 3.63) is 34.4 Å². The van der Waals surface area contributed by atoms with Crippen molar-refractivity contribution < 1.29 is 23.2 Å². The molecule has 0 bridgehead atoms. The largest absolute Gasteiger partial charge is 0.480 e. The maximum absolute atomic E-state index is 12.9. The number of aliphatic carboxylic acids is 1. The third kappa shape index (κ3) is 2.59. The van der Waals surface area contributed by atoms with Gasteiger partial charge in [0.15, 0.2) is 0 Å². The maximum Gasteiger partial charge on any atom is 0.322 e. The van der Waals surface area contributed by atoms with Gasteiger partial charge >= 0.3 is 5.97 Å². The molecular formula is C14H16N2O6S. The van der Waals surface area contributed by atoms with Crippen molar-refractivity contribution in [2.45, 2.75) is 42.7 Å². The number of benzene rings is 1. The van der Waals surface area contributed by atoms with Crippen molar-refractivity contribution in [1.29, 1.82) is 0 Å². The Bertz CT molecular complexity index is 745. The lowest BCUT2D eigenvalue weighted by atomic mass is 10.0. The lowest BCUT2D eigenvalue weighted by Crippen LogP contribution is -2.44. The number of hydrogen-bond donors (Lipinski definition) is 1. The SMILES string of the molecule is O=C(O)C1CC2CCCC2N1S(=O)(=O)c1ccc([N+](=O)[O-])cc1. The number of fused-ring (bicyclic) bond motifs is 1. The van der Waals surface area contributed by atoms with Crippen LogP contribution in [0.2, 0.25) is 0 Å². The van der Waals surface area contributed by atoms with E-state index in [9.17, 15) is 28.4 Å². The summed E-state index contributed by atoms with van der Waals surface area (Å²) >= 11 is 0. The van der Waals surface area contributed by atoms with Gasteiger partial charge in [-0.3, -0.25) is 14.9 Å². The number of rotatable bonds is 4. The molecule has 0 aromatic heterocycles. The van der Waals surface area contributed by atoms with E-state index < -0.39 is 27.0 Å². The smallest absolute Gasteiger partial charge is 0.322 e. The molecule has 2 aliphatic rings. The first-order chi connectivity index (χ1) is 10.8. The highest BCUT2D eigenvalue weighted by molar-refractivity contribution is 7.89. The van der Waals surface area contributed by atoms with Crippen LogP contribution in [0.4, 0.5) is 5.69 Å². The third-order valence-corrected chi connectivity index (χ3v) is 6.64. The minimum Gasteiger partial charge on any atom is -0.480 e. The molecule has 3 unspecified atom stereocenters. The summed E-state index contributed by atoms with van der Waals surface area (Å²) in [6.07, 6.45) is 2.70. The van der Waals surface area contributed by atoms with Gasteiger partial charge in [0.1, 0.15) is 6.04 Å². The summed E-state index contributed by atoms with van der Waals surface area (Å²) < 4.78 is 26.8. The normalized spacial score (nSPS) is 27.7. The van der Waals surface area contributed by atoms with E-state index in [0.29, 0.717) is 12.8 Å². The number of nitrogens with zero attached hydrogens (tertiary/aromatic N) is 2. The molecule has 1 aromatic rings. The van der Waals surface area contributed by atoms with Crippen LogP contribution in [-0.4, -0.2) is 40.8 Å². The fourth-order valence-corrected chi connectivity index (χ4v) is 5.53. The number of sulfonamides is 1. The van der Waals surface area contributed by atoms with Gasteiger partial charge in [-0.05, 0) is 37.3 Å². The quantitative estimate of drug-likeness (QED) is 0.657. The topological polar surface area (TPSA) is 118 Å². The number of carbonyl (C=O) groups is 1. The van der Waals surface area contributed by atoms with E-state index in [1.165, 1.54) is 0 Å². The molecular weight excluding hydrogens is 324 g/mol. The van der Waals surface area contributed by atoms with Crippen LogP contribution >= 0.6 is 0 Å². The first kappa shape index (κ1) is 15.9. The highest BCUT2D eigenvalue weighted by Gasteiger charge is 2.52. The number of nitro groups is 1. The summed E-state index contributed by atoms with van der Waals surface area (Å²) in [6.45, 7) is 0. The fourth-order valence-electron chi connectivity index (χ4n) is 3.67. The van der Waals surface area contributed by atoms with Gasteiger partial charge in [0.2, 0.25) is 10.0 Å². The van der Waals surface area contributed by atoms with Gasteiger partial charge in [0, 0.05) is 18.2 Å². The summed E-state index contributed by atoms with van der Waals surface area (Å²) in [5.41, 5.74) is -0.209. The Balaban J connectivity index is 1.99. The second-order valence-electron chi connectivity index (χ2n) is 5.93. The Hall–Kier alpha value is -2.00. The van der Waals surface area contributed by atoms with Gasteiger partial charge in [-0.2, -0.15) is 4.31 Å². The predicted molar refractivity (Wildman–Crippen MR) is 79.3 cm³/mol. The fraction of sp³-hybridized carbons (Fsp3) is 0.500. The Labute approximate surface area is 132 Å². The van der Waals surface area contributed by atoms with Crippen LogP contribution in [0.5, 0.6) is 0 Å². The highest BCUT2D eigenvalue weighted by Crippen LogP contribution is 2.44. The summed E-state index contributed by atoms with van der Waals surface area (Å²) in [6, 6.07) is 3.20. The zero-order chi connectivity index (χ0) is 16.8. The molecule has 1 aliphatic heterocycles. The third-order valence-electron chi connectivity index (χ3n) is 4.69. The standard InChI is InChI=1S/C14H16N2O6S/c17-14(18)13-8-9-2-1-3-12(9)15(13)23(21,22)11-6-4-10(5-7-11)16(19)20/h4-7,9,12-13H,1-3,8H2,(H,17,18). The molecule has 1 aromatic carbocycles. The van der Waals surface area contributed by atoms with Gasteiger partial charge in [0.05, 0.1) is 9.82 Å². The zero-order valence-corrected chi connectivity index (χ0v) is 13.0. The molecule has 3 rings (SSSR count). The average molecular weight is 340 g/mol. The Morgan fingerprint density at radius 2 is 1.91 bits per heavy atom. The van der Waals surface area contributed by atoms with E-state index in [1.54, 1.807) is 0 Å². The first-order valence-electron chi connectivity index (χ1n) is 7.33. The number of carboxylic acids is 1. The van der Waals surface area contributed by atoms with Crippen molar-refractivity contribution in [3.63, 3.8) is 0 Å². The molecule has 1 N–H and O–H groups in total. The van der Waals surface area contributed by atoms with Gasteiger partial charge in [-0.15, -0.1) is 0 Å². The molecule has 1 aliphatic carbocycles. The van der Waals surface area contributed by atoms with Crippen molar-refractivity contribution in [1.82, 2.24) is 4.31 Å². The van der Waals surface area contributed by atoms with Crippen molar-refractivity contribution in [3.8, 4) is 0 Å². The zero-order valence-electron chi connectivity index (χ0n) is 12.2. The van der Waals surface area contributed by atoms with E-state index in [0.717, 1.165) is 41.4 Å². The Morgan fingerprint density at radius 3 is 2.48 bits per heavy atom. The molecule has 8 nitrogen and oxygen atoms in total. The Morgan fingerprint density at radius 1 is 1.26 bits per heavy atom. The maximum atomic E-state index is 12.9. The lowest BCUT2D eigenvalue weighted by Gasteiger charge is -2.26. The van der Waals surface area contributed by atoms with E-state index in [2.05, 4.69) is 0 Å². The molecule has 2 fully saturated rings. The van der Waals surface area contributed by atoms with Crippen molar-refractivity contribution in [2.75, 3.05) is 0 Å².